The van der Waals surface area contributed by atoms with Gasteiger partial charge in [0.05, 0.1) is 19.4 Å². The molecule has 1 spiro atoms. The number of anilines is 2. The highest BCUT2D eigenvalue weighted by Crippen LogP contribution is 2.65. The predicted molar refractivity (Wildman–Crippen MR) is 149 cm³/mol. The number of rotatable bonds is 8. The van der Waals surface area contributed by atoms with Crippen molar-refractivity contribution in [2.45, 2.75) is 75.8 Å². The Morgan fingerprint density at radius 2 is 1.79 bits per heavy atom. The lowest BCUT2D eigenvalue weighted by Gasteiger charge is -2.43. The summed E-state index contributed by atoms with van der Waals surface area (Å²) in [7, 11) is 0. The number of nitrogens with zero attached hydrogens (tertiary/aromatic N) is 3. The molecule has 0 radical (unpaired) electrons. The lowest BCUT2D eigenvalue weighted by atomic mass is 9.72. The minimum absolute atomic E-state index is 0.284. The van der Waals surface area contributed by atoms with Crippen LogP contribution in [-0.2, 0) is 16.0 Å². The molecular weight excluding hydrogens is 512 g/mol. The third kappa shape index (κ3) is 4.78. The van der Waals surface area contributed by atoms with E-state index in [2.05, 4.69) is 32.0 Å². The second-order valence-electron chi connectivity index (χ2n) is 12.4. The Balaban J connectivity index is 0.970. The van der Waals surface area contributed by atoms with Crippen LogP contribution in [0.3, 0.4) is 0 Å². The Labute approximate surface area is 235 Å². The molecule has 1 aromatic heterocycles. The second kappa shape index (κ2) is 10.2. The van der Waals surface area contributed by atoms with Crippen molar-refractivity contribution in [2.24, 2.45) is 23.2 Å². The number of hydrogen-bond acceptors (Lipinski definition) is 8. The third-order valence-electron chi connectivity index (χ3n) is 10.3. The minimum atomic E-state index is -0.284. The molecule has 1 aliphatic heterocycles. The van der Waals surface area contributed by atoms with Crippen molar-refractivity contribution in [1.82, 2.24) is 15.3 Å². The van der Waals surface area contributed by atoms with Crippen molar-refractivity contribution in [2.75, 3.05) is 30.4 Å². The van der Waals surface area contributed by atoms with Crippen LogP contribution in [0, 0.1) is 34.5 Å². The van der Waals surface area contributed by atoms with Gasteiger partial charge in [0.25, 0.3) is 0 Å². The van der Waals surface area contributed by atoms with Crippen LogP contribution >= 0.6 is 11.6 Å². The summed E-state index contributed by atoms with van der Waals surface area (Å²) in [5.74, 6) is 3.09. The lowest BCUT2D eigenvalue weighted by molar-refractivity contribution is -0.180. The fraction of sp³-hybridized carbons (Fsp3) is 0.633. The van der Waals surface area contributed by atoms with Crippen molar-refractivity contribution in [3.05, 3.63) is 46.6 Å². The van der Waals surface area contributed by atoms with Crippen LogP contribution in [0.4, 0.5) is 11.8 Å². The molecule has 5 saturated carbocycles. The Kier molecular flexibility index (Phi) is 6.67. The molecule has 2 unspecified atom stereocenters. The average molecular weight is 549 g/mol. The molecule has 1 aromatic carbocycles. The highest BCUT2D eigenvalue weighted by Gasteiger charge is 2.61. The first-order valence-corrected chi connectivity index (χ1v) is 14.9. The largest absolute Gasteiger partial charge is 0.368 e. The van der Waals surface area contributed by atoms with Gasteiger partial charge in [0.2, 0.25) is 5.95 Å². The van der Waals surface area contributed by atoms with Crippen molar-refractivity contribution in [1.29, 1.82) is 5.26 Å². The maximum atomic E-state index is 9.71. The zero-order valence-corrected chi connectivity index (χ0v) is 23.1. The van der Waals surface area contributed by atoms with Crippen LogP contribution in [0.15, 0.2) is 30.5 Å². The van der Waals surface area contributed by atoms with Gasteiger partial charge in [-0.3, -0.25) is 0 Å². The molecule has 0 amide bonds. The number of aromatic nitrogens is 2. The molecule has 4 bridgehead atoms. The van der Waals surface area contributed by atoms with Gasteiger partial charge < -0.3 is 25.4 Å². The average Bonchev–Trinajstić information content (AvgIpc) is 3.61. The smallest absolute Gasteiger partial charge is 0.224 e. The second-order valence-corrected chi connectivity index (χ2v) is 12.8. The summed E-state index contributed by atoms with van der Waals surface area (Å²) >= 11 is 6.30. The quantitative estimate of drug-likeness (QED) is 0.418. The standard InChI is InChI=1S/C30H37ClN6O2/c31-25-4-2-1-3-19(25)16-33-28-34-17-22(15-32)27(37-28)35-18-29-13-20-11-23(29)12-21(14-29)26(20)36-24-5-7-30(8-6-24)38-9-10-39-30/h1-4,17,20-21,23-24,26,36H,5-14,16,18H2,(H2,33,34,35,37)/t20-,21+,23?,26-,29?. The van der Waals surface area contributed by atoms with Crippen LogP contribution in [0.1, 0.15) is 62.5 Å². The number of nitriles is 1. The van der Waals surface area contributed by atoms with Crippen LogP contribution in [0.2, 0.25) is 5.02 Å². The van der Waals surface area contributed by atoms with Crippen molar-refractivity contribution < 1.29 is 9.47 Å². The molecular formula is C30H37ClN6O2. The number of ether oxygens (including phenoxy) is 2. The molecule has 5 atom stereocenters. The van der Waals surface area contributed by atoms with Gasteiger partial charge in [0, 0.05) is 43.0 Å². The van der Waals surface area contributed by atoms with Crippen LogP contribution in [0.25, 0.3) is 0 Å². The van der Waals surface area contributed by atoms with Gasteiger partial charge in [-0.05, 0) is 73.3 Å². The molecule has 2 heterocycles. The first kappa shape index (κ1) is 25.5. The zero-order valence-electron chi connectivity index (χ0n) is 22.3. The summed E-state index contributed by atoms with van der Waals surface area (Å²) in [6.07, 6.45) is 11.1. The van der Waals surface area contributed by atoms with Crippen LogP contribution in [-0.4, -0.2) is 47.6 Å². The van der Waals surface area contributed by atoms with Gasteiger partial charge in [0.15, 0.2) is 5.79 Å². The van der Waals surface area contributed by atoms with Crippen molar-refractivity contribution in [3.8, 4) is 6.07 Å². The van der Waals surface area contributed by atoms with Crippen molar-refractivity contribution >= 4 is 23.4 Å². The number of hydrogen-bond donors (Lipinski definition) is 3. The topological polar surface area (TPSA) is 104 Å². The molecule has 206 valence electrons. The van der Waals surface area contributed by atoms with Gasteiger partial charge in [-0.2, -0.15) is 10.2 Å². The molecule has 3 N–H and O–H groups in total. The summed E-state index contributed by atoms with van der Waals surface area (Å²) < 4.78 is 11.9. The van der Waals surface area contributed by atoms with E-state index in [1.54, 1.807) is 6.20 Å². The fourth-order valence-corrected chi connectivity index (χ4v) is 8.69. The van der Waals surface area contributed by atoms with E-state index in [1.165, 1.54) is 25.7 Å². The predicted octanol–water partition coefficient (Wildman–Crippen LogP) is 5.11. The SMILES string of the molecule is N#Cc1cnc(NCc2ccccc2Cl)nc1NCC12C[C@H]3CC1C[C@@H](C2)[C@@H]3NC1CCC2(CC1)OCCO2. The molecule has 9 heteroatoms. The molecule has 6 aliphatic rings. The Morgan fingerprint density at radius 3 is 2.51 bits per heavy atom. The van der Waals surface area contributed by atoms with E-state index >= 15 is 0 Å². The molecule has 8 nitrogen and oxygen atoms in total. The van der Waals surface area contributed by atoms with Gasteiger partial charge in [0.1, 0.15) is 17.5 Å². The van der Waals surface area contributed by atoms with Gasteiger partial charge in [-0.25, -0.2) is 4.98 Å². The monoisotopic (exact) mass is 548 g/mol. The summed E-state index contributed by atoms with van der Waals surface area (Å²) in [6, 6.07) is 11.2. The maximum absolute atomic E-state index is 9.71. The van der Waals surface area contributed by atoms with Gasteiger partial charge >= 0.3 is 0 Å². The highest BCUT2D eigenvalue weighted by atomic mass is 35.5. The first-order chi connectivity index (χ1) is 19.0. The van der Waals surface area contributed by atoms with Crippen LogP contribution in [0.5, 0.6) is 0 Å². The Bertz CT molecular complexity index is 1230. The molecule has 6 fully saturated rings. The maximum Gasteiger partial charge on any atom is 0.224 e. The Hall–Kier alpha value is -2.44. The zero-order chi connectivity index (χ0) is 26.5. The van der Waals surface area contributed by atoms with E-state index in [0.717, 1.165) is 68.8 Å². The highest BCUT2D eigenvalue weighted by molar-refractivity contribution is 6.31. The normalized spacial score (nSPS) is 32.5. The Morgan fingerprint density at radius 1 is 1.05 bits per heavy atom. The molecule has 1 saturated heterocycles. The lowest BCUT2D eigenvalue weighted by Crippen LogP contribution is -2.52. The first-order valence-electron chi connectivity index (χ1n) is 14.6. The number of benzene rings is 1. The van der Waals surface area contributed by atoms with Gasteiger partial charge in [-0.15, -0.1) is 0 Å². The summed E-state index contributed by atoms with van der Waals surface area (Å²) in [5.41, 5.74) is 1.77. The van der Waals surface area contributed by atoms with Crippen molar-refractivity contribution in [3.63, 3.8) is 0 Å². The minimum Gasteiger partial charge on any atom is -0.368 e. The third-order valence-corrected chi connectivity index (χ3v) is 10.7. The van der Waals surface area contributed by atoms with E-state index in [1.807, 2.05) is 24.3 Å². The van der Waals surface area contributed by atoms with Gasteiger partial charge in [-0.1, -0.05) is 29.8 Å². The summed E-state index contributed by atoms with van der Waals surface area (Å²) in [4.78, 5) is 9.04. The van der Waals surface area contributed by atoms with E-state index < -0.39 is 0 Å². The summed E-state index contributed by atoms with van der Waals surface area (Å²) in [6.45, 7) is 2.88. The number of nitrogens with one attached hydrogen (secondary N) is 3. The molecule has 8 rings (SSSR count). The van der Waals surface area contributed by atoms with E-state index in [-0.39, 0.29) is 5.79 Å². The van der Waals surface area contributed by atoms with E-state index in [4.69, 9.17) is 21.1 Å². The fourth-order valence-electron chi connectivity index (χ4n) is 8.49. The summed E-state index contributed by atoms with van der Waals surface area (Å²) in [5, 5.41) is 21.4. The molecule has 2 aromatic rings. The molecule has 5 aliphatic carbocycles. The van der Waals surface area contributed by atoms with E-state index in [9.17, 15) is 5.26 Å². The number of halogens is 1. The van der Waals surface area contributed by atoms with E-state index in [0.29, 0.717) is 46.4 Å². The van der Waals surface area contributed by atoms with Crippen LogP contribution < -0.4 is 16.0 Å². The molecule has 39 heavy (non-hydrogen) atoms.